The summed E-state index contributed by atoms with van der Waals surface area (Å²) >= 11 is 1.39. The van der Waals surface area contributed by atoms with E-state index in [2.05, 4.69) is 11.1 Å². The number of halogens is 1. The monoisotopic (exact) mass is 336 g/mol. The summed E-state index contributed by atoms with van der Waals surface area (Å²) < 4.78 is 18.1. The van der Waals surface area contributed by atoms with Gasteiger partial charge in [0.25, 0.3) is 0 Å². The minimum atomic E-state index is -0.286. The molecular formula is C19H13FN2OS. The van der Waals surface area contributed by atoms with Gasteiger partial charge < -0.3 is 4.74 Å². The van der Waals surface area contributed by atoms with Crippen molar-refractivity contribution < 1.29 is 9.13 Å². The summed E-state index contributed by atoms with van der Waals surface area (Å²) in [6.45, 7) is 0. The smallest absolute Gasteiger partial charge is 0.134 e. The van der Waals surface area contributed by atoms with E-state index in [0.717, 1.165) is 22.6 Å². The number of hydrogen-bond acceptors (Lipinski definition) is 4. The van der Waals surface area contributed by atoms with Crippen LogP contribution in [0.4, 0.5) is 4.39 Å². The van der Waals surface area contributed by atoms with Crippen molar-refractivity contribution in [1.82, 2.24) is 4.98 Å². The Morgan fingerprint density at radius 1 is 1.17 bits per heavy atom. The Balaban J connectivity index is 1.90. The highest BCUT2D eigenvalue weighted by molar-refractivity contribution is 7.11. The Labute approximate surface area is 143 Å². The molecule has 0 spiro atoms. The number of rotatable bonds is 4. The highest BCUT2D eigenvalue weighted by Crippen LogP contribution is 2.27. The summed E-state index contributed by atoms with van der Waals surface area (Å²) in [5.74, 6) is 0.477. The Morgan fingerprint density at radius 2 is 1.88 bits per heavy atom. The number of methoxy groups -OCH3 is 1. The minimum absolute atomic E-state index is 0.286. The molecule has 0 fully saturated rings. The normalized spacial score (nSPS) is 11.1. The van der Waals surface area contributed by atoms with Crippen LogP contribution in [0, 0.1) is 17.1 Å². The maximum absolute atomic E-state index is 13.0. The van der Waals surface area contributed by atoms with Crippen LogP contribution in [0.1, 0.15) is 10.6 Å². The van der Waals surface area contributed by atoms with Crippen LogP contribution in [0.5, 0.6) is 5.75 Å². The highest BCUT2D eigenvalue weighted by atomic mass is 32.1. The van der Waals surface area contributed by atoms with Crippen LogP contribution in [0.15, 0.2) is 53.9 Å². The molecule has 0 N–H and O–H groups in total. The third-order valence-electron chi connectivity index (χ3n) is 3.42. The second-order valence-corrected chi connectivity index (χ2v) is 5.85. The molecule has 1 heterocycles. The first-order chi connectivity index (χ1) is 11.7. The van der Waals surface area contributed by atoms with Gasteiger partial charge in [0.15, 0.2) is 0 Å². The molecule has 24 heavy (non-hydrogen) atoms. The number of nitriles is 1. The van der Waals surface area contributed by atoms with E-state index in [1.54, 1.807) is 25.3 Å². The molecule has 0 saturated heterocycles. The van der Waals surface area contributed by atoms with Crippen molar-refractivity contribution >= 4 is 23.0 Å². The first-order valence-electron chi connectivity index (χ1n) is 7.17. The molecule has 2 aromatic carbocycles. The Kier molecular flexibility index (Phi) is 4.69. The van der Waals surface area contributed by atoms with Gasteiger partial charge in [0, 0.05) is 10.9 Å². The maximum atomic E-state index is 13.0. The number of allylic oxidation sites excluding steroid dienone is 1. The third-order valence-corrected chi connectivity index (χ3v) is 4.30. The van der Waals surface area contributed by atoms with E-state index in [0.29, 0.717) is 10.6 Å². The van der Waals surface area contributed by atoms with Crippen molar-refractivity contribution in [3.63, 3.8) is 0 Å². The van der Waals surface area contributed by atoms with Gasteiger partial charge in [0.2, 0.25) is 0 Å². The van der Waals surface area contributed by atoms with Gasteiger partial charge in [-0.2, -0.15) is 5.26 Å². The van der Waals surface area contributed by atoms with E-state index >= 15 is 0 Å². The van der Waals surface area contributed by atoms with Crippen molar-refractivity contribution in [2.45, 2.75) is 0 Å². The number of thiazole rings is 1. The second kappa shape index (κ2) is 7.07. The number of nitrogens with zero attached hydrogens (tertiary/aromatic N) is 2. The van der Waals surface area contributed by atoms with Crippen LogP contribution in [-0.2, 0) is 0 Å². The lowest BCUT2D eigenvalue weighted by molar-refractivity contribution is 0.415. The first-order valence-corrected chi connectivity index (χ1v) is 8.05. The molecule has 0 aliphatic rings. The standard InChI is InChI=1S/C19H13FN2OS/c1-23-17-8-2-13(3-9-17)10-15(11-21)19-22-18(12-24-19)14-4-6-16(20)7-5-14/h2-10,12H,1H3. The van der Waals surface area contributed by atoms with E-state index in [1.165, 1.54) is 23.5 Å². The summed E-state index contributed by atoms with van der Waals surface area (Å²) in [5.41, 5.74) is 2.93. The zero-order chi connectivity index (χ0) is 16.9. The van der Waals surface area contributed by atoms with Gasteiger partial charge in [0.05, 0.1) is 18.4 Å². The summed E-state index contributed by atoms with van der Waals surface area (Å²) in [4.78, 5) is 4.49. The predicted octanol–water partition coefficient (Wildman–Crippen LogP) is 5.02. The maximum Gasteiger partial charge on any atom is 0.134 e. The van der Waals surface area contributed by atoms with E-state index in [-0.39, 0.29) is 5.82 Å². The highest BCUT2D eigenvalue weighted by Gasteiger charge is 2.09. The van der Waals surface area contributed by atoms with Crippen molar-refractivity contribution in [2.24, 2.45) is 0 Å². The summed E-state index contributed by atoms with van der Waals surface area (Å²) in [5, 5.41) is 11.9. The van der Waals surface area contributed by atoms with Gasteiger partial charge in [-0.05, 0) is 48.0 Å². The lowest BCUT2D eigenvalue weighted by Crippen LogP contribution is -1.84. The Hall–Kier alpha value is -2.97. The Bertz CT molecular complexity index is 906. The molecule has 0 aliphatic carbocycles. The van der Waals surface area contributed by atoms with Gasteiger partial charge in [-0.1, -0.05) is 12.1 Å². The van der Waals surface area contributed by atoms with Gasteiger partial charge >= 0.3 is 0 Å². The van der Waals surface area contributed by atoms with E-state index < -0.39 is 0 Å². The summed E-state index contributed by atoms with van der Waals surface area (Å²) in [7, 11) is 1.61. The quantitative estimate of drug-likeness (QED) is 0.628. The SMILES string of the molecule is COc1ccc(C=C(C#N)c2nc(-c3ccc(F)cc3)cs2)cc1. The van der Waals surface area contributed by atoms with Crippen molar-refractivity contribution in [2.75, 3.05) is 7.11 Å². The zero-order valence-corrected chi connectivity index (χ0v) is 13.7. The molecule has 1 aromatic heterocycles. The zero-order valence-electron chi connectivity index (χ0n) is 12.9. The van der Waals surface area contributed by atoms with E-state index in [4.69, 9.17) is 4.74 Å². The molecule has 0 aliphatic heterocycles. The molecule has 3 nitrogen and oxygen atoms in total. The van der Waals surface area contributed by atoms with E-state index in [9.17, 15) is 9.65 Å². The van der Waals surface area contributed by atoms with Gasteiger partial charge in [-0.3, -0.25) is 0 Å². The fourth-order valence-corrected chi connectivity index (χ4v) is 2.95. The molecular weight excluding hydrogens is 323 g/mol. The molecule has 118 valence electrons. The van der Waals surface area contributed by atoms with Crippen LogP contribution < -0.4 is 4.74 Å². The molecule has 5 heteroatoms. The van der Waals surface area contributed by atoms with Crippen LogP contribution >= 0.6 is 11.3 Å². The molecule has 0 saturated carbocycles. The Morgan fingerprint density at radius 3 is 2.50 bits per heavy atom. The van der Waals surface area contributed by atoms with Crippen LogP contribution in [-0.4, -0.2) is 12.1 Å². The van der Waals surface area contributed by atoms with Crippen LogP contribution in [0.25, 0.3) is 22.9 Å². The fourth-order valence-electron chi connectivity index (χ4n) is 2.16. The van der Waals surface area contributed by atoms with Crippen molar-refractivity contribution in [1.29, 1.82) is 5.26 Å². The van der Waals surface area contributed by atoms with Crippen LogP contribution in [0.3, 0.4) is 0 Å². The van der Waals surface area contributed by atoms with Gasteiger partial charge in [-0.15, -0.1) is 11.3 Å². The average molecular weight is 336 g/mol. The molecule has 0 bridgehead atoms. The summed E-state index contributed by atoms with van der Waals surface area (Å²) in [6.07, 6.45) is 1.78. The molecule has 0 amide bonds. The van der Waals surface area contributed by atoms with Crippen molar-refractivity contribution in [3.8, 4) is 23.1 Å². The van der Waals surface area contributed by atoms with Crippen LogP contribution in [0.2, 0.25) is 0 Å². The molecule has 0 unspecified atom stereocenters. The third kappa shape index (κ3) is 3.50. The van der Waals surface area contributed by atoms with E-state index in [1.807, 2.05) is 29.6 Å². The first kappa shape index (κ1) is 15.9. The number of aromatic nitrogens is 1. The number of benzene rings is 2. The fraction of sp³-hybridized carbons (Fsp3) is 0.0526. The number of ether oxygens (including phenoxy) is 1. The topological polar surface area (TPSA) is 45.9 Å². The predicted molar refractivity (Wildman–Crippen MR) is 94.0 cm³/mol. The largest absolute Gasteiger partial charge is 0.497 e. The minimum Gasteiger partial charge on any atom is -0.497 e. The van der Waals surface area contributed by atoms with Gasteiger partial charge in [0.1, 0.15) is 22.6 Å². The second-order valence-electron chi connectivity index (χ2n) is 4.99. The molecule has 0 atom stereocenters. The van der Waals surface area contributed by atoms with Gasteiger partial charge in [-0.25, -0.2) is 9.37 Å². The average Bonchev–Trinajstić information content (AvgIpc) is 3.10. The molecule has 0 radical (unpaired) electrons. The number of hydrogen-bond donors (Lipinski definition) is 0. The lowest BCUT2D eigenvalue weighted by Gasteiger charge is -2.00. The molecule has 3 aromatic rings. The molecule has 3 rings (SSSR count). The van der Waals surface area contributed by atoms with Crippen molar-refractivity contribution in [3.05, 3.63) is 70.3 Å². The summed E-state index contributed by atoms with van der Waals surface area (Å²) in [6, 6.07) is 15.8. The lowest BCUT2D eigenvalue weighted by atomic mass is 10.1.